The quantitative estimate of drug-likeness (QED) is 0.728. The largest absolute Gasteiger partial charge is 0.368 e. The highest BCUT2D eigenvalue weighted by molar-refractivity contribution is 7.15. The van der Waals surface area contributed by atoms with Crippen LogP contribution in [0.3, 0.4) is 0 Å². The van der Waals surface area contributed by atoms with Crippen LogP contribution in [0.1, 0.15) is 21.1 Å². The molecule has 26 heavy (non-hydrogen) atoms. The minimum Gasteiger partial charge on any atom is -0.368 e. The summed E-state index contributed by atoms with van der Waals surface area (Å²) in [5, 5.41) is 0.797. The predicted octanol–water partition coefficient (Wildman–Crippen LogP) is 3.25. The monoisotopic (exact) mass is 365 g/mol. The molecule has 2 aromatic carbocycles. The van der Waals surface area contributed by atoms with Gasteiger partial charge in [-0.25, -0.2) is 4.98 Å². The van der Waals surface area contributed by atoms with Crippen LogP contribution in [0, 0.1) is 6.92 Å². The lowest BCUT2D eigenvalue weighted by Gasteiger charge is -2.21. The molecule has 0 atom stereocenters. The highest BCUT2D eigenvalue weighted by Gasteiger charge is 2.24. The maximum absolute atomic E-state index is 13.2. The van der Waals surface area contributed by atoms with Crippen molar-refractivity contribution in [3.05, 3.63) is 76.9 Å². The molecular formula is C20H19N3O2S. The number of benzene rings is 2. The van der Waals surface area contributed by atoms with E-state index in [4.69, 9.17) is 5.73 Å². The maximum Gasteiger partial charge on any atom is 0.274 e. The Labute approximate surface area is 156 Å². The van der Waals surface area contributed by atoms with Gasteiger partial charge in [-0.05, 0) is 18.1 Å². The molecule has 6 heteroatoms. The van der Waals surface area contributed by atoms with Gasteiger partial charge in [0, 0.05) is 6.54 Å². The van der Waals surface area contributed by atoms with E-state index in [-0.39, 0.29) is 12.5 Å². The highest BCUT2D eigenvalue weighted by Crippen LogP contribution is 2.31. The van der Waals surface area contributed by atoms with Crippen LogP contribution in [0.5, 0.6) is 0 Å². The summed E-state index contributed by atoms with van der Waals surface area (Å²) < 4.78 is 0. The number of rotatable bonds is 6. The lowest BCUT2D eigenvalue weighted by Crippen LogP contribution is -2.38. The van der Waals surface area contributed by atoms with E-state index >= 15 is 0 Å². The zero-order valence-corrected chi connectivity index (χ0v) is 15.2. The van der Waals surface area contributed by atoms with E-state index in [0.717, 1.165) is 21.0 Å². The second kappa shape index (κ2) is 7.93. The topological polar surface area (TPSA) is 76.3 Å². The van der Waals surface area contributed by atoms with Crippen molar-refractivity contribution in [3.8, 4) is 10.4 Å². The molecule has 0 aliphatic heterocycles. The van der Waals surface area contributed by atoms with Gasteiger partial charge in [-0.2, -0.15) is 0 Å². The normalized spacial score (nSPS) is 10.5. The Morgan fingerprint density at radius 2 is 1.65 bits per heavy atom. The molecule has 3 rings (SSSR count). The number of primary amides is 1. The first-order chi connectivity index (χ1) is 12.5. The zero-order valence-electron chi connectivity index (χ0n) is 14.4. The lowest BCUT2D eigenvalue weighted by molar-refractivity contribution is -0.118. The first-order valence-electron chi connectivity index (χ1n) is 8.19. The number of aromatic nitrogens is 1. The number of nitrogens with two attached hydrogens (primary N) is 1. The fraction of sp³-hybridized carbons (Fsp3) is 0.150. The van der Waals surface area contributed by atoms with E-state index < -0.39 is 5.91 Å². The third-order valence-electron chi connectivity index (χ3n) is 3.82. The minimum absolute atomic E-state index is 0.154. The Bertz CT molecular complexity index is 907. The number of carbonyl (C=O) groups excluding carboxylic acids is 2. The third kappa shape index (κ3) is 4.15. The fourth-order valence-corrected chi connectivity index (χ4v) is 3.61. The van der Waals surface area contributed by atoms with Gasteiger partial charge in [-0.3, -0.25) is 9.59 Å². The Balaban J connectivity index is 1.95. The molecule has 2 amide bonds. The molecule has 0 unspecified atom stereocenters. The van der Waals surface area contributed by atoms with Crippen molar-refractivity contribution in [3.63, 3.8) is 0 Å². The predicted molar refractivity (Wildman–Crippen MR) is 103 cm³/mol. The van der Waals surface area contributed by atoms with Gasteiger partial charge in [-0.1, -0.05) is 60.7 Å². The highest BCUT2D eigenvalue weighted by atomic mass is 32.1. The van der Waals surface area contributed by atoms with Gasteiger partial charge in [-0.15, -0.1) is 11.3 Å². The summed E-state index contributed by atoms with van der Waals surface area (Å²) >= 11 is 1.46. The molecule has 0 spiro atoms. The maximum atomic E-state index is 13.2. The molecule has 132 valence electrons. The Morgan fingerprint density at radius 3 is 2.27 bits per heavy atom. The van der Waals surface area contributed by atoms with Gasteiger partial charge < -0.3 is 10.6 Å². The molecule has 1 aromatic heterocycles. The zero-order chi connectivity index (χ0) is 18.5. The van der Waals surface area contributed by atoms with E-state index in [1.165, 1.54) is 16.2 Å². The SMILES string of the molecule is Cc1nc(C(=O)N(CC(N)=O)Cc2ccccc2)c(-c2ccccc2)s1. The molecule has 0 aliphatic rings. The summed E-state index contributed by atoms with van der Waals surface area (Å²) in [4.78, 5) is 31.3. The molecule has 3 aromatic rings. The van der Waals surface area contributed by atoms with Crippen molar-refractivity contribution in [2.75, 3.05) is 6.54 Å². The summed E-state index contributed by atoms with van der Waals surface area (Å²) in [6.07, 6.45) is 0. The van der Waals surface area contributed by atoms with Crippen LogP contribution in [0.25, 0.3) is 10.4 Å². The lowest BCUT2D eigenvalue weighted by atomic mass is 10.1. The summed E-state index contributed by atoms with van der Waals surface area (Å²) in [7, 11) is 0. The number of nitrogens with zero attached hydrogens (tertiary/aromatic N) is 2. The van der Waals surface area contributed by atoms with Crippen LogP contribution < -0.4 is 5.73 Å². The van der Waals surface area contributed by atoms with Crippen LogP contribution in [0.2, 0.25) is 0 Å². The van der Waals surface area contributed by atoms with E-state index in [1.807, 2.05) is 67.6 Å². The van der Waals surface area contributed by atoms with Gasteiger partial charge in [0.2, 0.25) is 5.91 Å². The van der Waals surface area contributed by atoms with Crippen LogP contribution >= 0.6 is 11.3 Å². The fourth-order valence-electron chi connectivity index (χ4n) is 2.70. The van der Waals surface area contributed by atoms with Crippen LogP contribution in [-0.4, -0.2) is 28.2 Å². The van der Waals surface area contributed by atoms with E-state index in [1.54, 1.807) is 0 Å². The van der Waals surface area contributed by atoms with Crippen molar-refractivity contribution < 1.29 is 9.59 Å². The molecule has 0 fully saturated rings. The Morgan fingerprint density at radius 1 is 1.04 bits per heavy atom. The Kier molecular flexibility index (Phi) is 5.43. The molecule has 0 radical (unpaired) electrons. The van der Waals surface area contributed by atoms with E-state index in [0.29, 0.717) is 12.2 Å². The van der Waals surface area contributed by atoms with Gasteiger partial charge in [0.05, 0.1) is 9.88 Å². The summed E-state index contributed by atoms with van der Waals surface area (Å²) in [5.74, 6) is -0.849. The molecule has 2 N–H and O–H groups in total. The number of hydrogen-bond acceptors (Lipinski definition) is 4. The van der Waals surface area contributed by atoms with Crippen molar-refractivity contribution in [2.45, 2.75) is 13.5 Å². The van der Waals surface area contributed by atoms with Crippen molar-refractivity contribution in [1.29, 1.82) is 0 Å². The molecule has 0 saturated carbocycles. The minimum atomic E-state index is -0.553. The van der Waals surface area contributed by atoms with Crippen molar-refractivity contribution in [2.24, 2.45) is 5.73 Å². The van der Waals surface area contributed by atoms with Crippen LogP contribution in [0.15, 0.2) is 60.7 Å². The summed E-state index contributed by atoms with van der Waals surface area (Å²) in [6, 6.07) is 19.2. The third-order valence-corrected chi connectivity index (χ3v) is 4.84. The van der Waals surface area contributed by atoms with E-state index in [2.05, 4.69) is 4.98 Å². The van der Waals surface area contributed by atoms with Gasteiger partial charge in [0.15, 0.2) is 0 Å². The smallest absolute Gasteiger partial charge is 0.274 e. The number of carbonyl (C=O) groups is 2. The molecule has 1 heterocycles. The van der Waals surface area contributed by atoms with Gasteiger partial charge in [0.1, 0.15) is 12.2 Å². The number of hydrogen-bond donors (Lipinski definition) is 1. The summed E-state index contributed by atoms with van der Waals surface area (Å²) in [6.45, 7) is 2.01. The first kappa shape index (κ1) is 17.8. The Hall–Kier alpha value is -2.99. The standard InChI is InChI=1S/C20H19N3O2S/c1-14-22-18(19(26-14)16-10-6-3-7-11-16)20(25)23(13-17(21)24)12-15-8-4-2-5-9-15/h2-11H,12-13H2,1H3,(H2,21,24). The molecule has 0 aliphatic carbocycles. The van der Waals surface area contributed by atoms with E-state index in [9.17, 15) is 9.59 Å². The van der Waals surface area contributed by atoms with Crippen molar-refractivity contribution in [1.82, 2.24) is 9.88 Å². The number of amides is 2. The van der Waals surface area contributed by atoms with Crippen LogP contribution in [-0.2, 0) is 11.3 Å². The average molecular weight is 365 g/mol. The second-order valence-electron chi connectivity index (χ2n) is 5.89. The van der Waals surface area contributed by atoms with Crippen molar-refractivity contribution >= 4 is 23.2 Å². The molecular weight excluding hydrogens is 346 g/mol. The first-order valence-corrected chi connectivity index (χ1v) is 9.00. The average Bonchev–Trinajstić information content (AvgIpc) is 3.03. The van der Waals surface area contributed by atoms with Gasteiger partial charge in [0.25, 0.3) is 5.91 Å². The molecule has 5 nitrogen and oxygen atoms in total. The van der Waals surface area contributed by atoms with Gasteiger partial charge >= 0.3 is 0 Å². The number of thiazole rings is 1. The molecule has 0 bridgehead atoms. The van der Waals surface area contributed by atoms with Crippen LogP contribution in [0.4, 0.5) is 0 Å². The second-order valence-corrected chi connectivity index (χ2v) is 7.09. The molecule has 0 saturated heterocycles. The number of aryl methyl sites for hydroxylation is 1. The summed E-state index contributed by atoms with van der Waals surface area (Å²) in [5.41, 5.74) is 7.58.